The summed E-state index contributed by atoms with van der Waals surface area (Å²) < 4.78 is 5.43. The molecule has 2 heterocycles. The molecule has 1 aliphatic rings. The molecule has 1 aromatic heterocycles. The Labute approximate surface area is 181 Å². The number of rotatable bonds is 5. The third kappa shape index (κ3) is 5.72. The summed E-state index contributed by atoms with van der Waals surface area (Å²) >= 11 is 6.04. The number of carbonyl (C=O) groups excluding carboxylic acids is 3. The van der Waals surface area contributed by atoms with E-state index in [4.69, 9.17) is 16.3 Å². The summed E-state index contributed by atoms with van der Waals surface area (Å²) in [5.74, 6) is -0.884. The summed E-state index contributed by atoms with van der Waals surface area (Å²) in [6.07, 6.45) is 5.85. The minimum Gasteiger partial charge on any atom is -0.460 e. The average molecular weight is 431 g/mol. The van der Waals surface area contributed by atoms with Crippen LogP contribution in [0.1, 0.15) is 45.6 Å². The lowest BCUT2D eigenvalue weighted by Crippen LogP contribution is -2.42. The van der Waals surface area contributed by atoms with Gasteiger partial charge in [-0.3, -0.25) is 14.4 Å². The molecule has 7 heteroatoms. The number of nitrogens with zero attached hydrogens (tertiary/aromatic N) is 1. The number of ether oxygens (including phenoxy) is 1. The molecule has 1 saturated heterocycles. The van der Waals surface area contributed by atoms with Crippen molar-refractivity contribution in [3.05, 3.63) is 41.1 Å². The molecule has 0 radical (unpaired) electrons. The van der Waals surface area contributed by atoms with Crippen molar-refractivity contribution in [1.82, 2.24) is 9.88 Å². The second-order valence-corrected chi connectivity index (χ2v) is 9.04. The number of piperidine rings is 1. The van der Waals surface area contributed by atoms with Crippen molar-refractivity contribution in [2.75, 3.05) is 13.1 Å². The fourth-order valence-corrected chi connectivity index (χ4v) is 3.68. The molecule has 3 rings (SSSR count). The third-order valence-electron chi connectivity index (χ3n) is 5.04. The van der Waals surface area contributed by atoms with Crippen LogP contribution in [0.4, 0.5) is 0 Å². The van der Waals surface area contributed by atoms with Crippen molar-refractivity contribution in [2.24, 2.45) is 5.92 Å². The van der Waals surface area contributed by atoms with Crippen LogP contribution in [0.15, 0.2) is 30.5 Å². The van der Waals surface area contributed by atoms with Crippen LogP contribution in [0.5, 0.6) is 0 Å². The first-order chi connectivity index (χ1) is 14.1. The minimum atomic E-state index is -0.515. The van der Waals surface area contributed by atoms with Crippen LogP contribution >= 0.6 is 11.6 Å². The van der Waals surface area contributed by atoms with E-state index in [1.165, 1.54) is 6.08 Å². The van der Waals surface area contributed by atoms with Gasteiger partial charge in [0.25, 0.3) is 0 Å². The molecule has 2 aromatic rings. The highest BCUT2D eigenvalue weighted by molar-refractivity contribution is 6.31. The molecule has 0 unspecified atom stereocenters. The summed E-state index contributed by atoms with van der Waals surface area (Å²) in [4.78, 5) is 41.7. The van der Waals surface area contributed by atoms with Crippen molar-refractivity contribution in [2.45, 2.75) is 45.6 Å². The number of halogens is 1. The maximum atomic E-state index is 12.5. The summed E-state index contributed by atoms with van der Waals surface area (Å²) in [5.41, 5.74) is 1.25. The van der Waals surface area contributed by atoms with Gasteiger partial charge in [-0.05, 0) is 69.5 Å². The highest BCUT2D eigenvalue weighted by atomic mass is 35.5. The van der Waals surface area contributed by atoms with Crippen LogP contribution in [0.2, 0.25) is 5.02 Å². The van der Waals surface area contributed by atoms with Gasteiger partial charge in [0, 0.05) is 35.2 Å². The molecule has 30 heavy (non-hydrogen) atoms. The maximum absolute atomic E-state index is 12.5. The van der Waals surface area contributed by atoms with Gasteiger partial charge in [0.05, 0.1) is 12.3 Å². The second-order valence-electron chi connectivity index (χ2n) is 8.60. The molecule has 1 aromatic carbocycles. The lowest BCUT2D eigenvalue weighted by atomic mass is 9.96. The number of esters is 1. The molecule has 160 valence electrons. The number of carbonyl (C=O) groups is 3. The summed E-state index contributed by atoms with van der Waals surface area (Å²) in [6, 6.07) is 5.50. The highest BCUT2D eigenvalue weighted by Crippen LogP contribution is 2.24. The smallest absolute Gasteiger partial charge is 0.309 e. The normalized spacial score (nSPS) is 15.7. The summed E-state index contributed by atoms with van der Waals surface area (Å²) in [5, 5.41) is 1.54. The van der Waals surface area contributed by atoms with Crippen LogP contribution in [0.3, 0.4) is 0 Å². The van der Waals surface area contributed by atoms with Gasteiger partial charge in [0.15, 0.2) is 5.78 Å². The zero-order chi connectivity index (χ0) is 21.9. The molecule has 0 spiro atoms. The standard InChI is InChI=1S/C23H27ClN2O4/c1-23(2,3)30-22(29)15-8-10-26(11-9-15)21(28)13-18(27)6-4-16-14-25-20-7-5-17(24)12-19(16)20/h4-7,12,14-15,25H,8-11,13H2,1-3H3/b6-4+. The van der Waals surface area contributed by atoms with Gasteiger partial charge in [-0.1, -0.05) is 11.6 Å². The maximum Gasteiger partial charge on any atom is 0.309 e. The number of nitrogens with one attached hydrogen (secondary N) is 1. The Morgan fingerprint density at radius 3 is 2.60 bits per heavy atom. The number of hydrogen-bond acceptors (Lipinski definition) is 4. The fraction of sp³-hybridized carbons (Fsp3) is 0.435. The van der Waals surface area contributed by atoms with Crippen LogP contribution < -0.4 is 0 Å². The first-order valence-corrected chi connectivity index (χ1v) is 10.5. The van der Waals surface area contributed by atoms with E-state index in [1.807, 2.05) is 32.9 Å². The largest absolute Gasteiger partial charge is 0.460 e. The molecule has 0 atom stereocenters. The number of H-pyrrole nitrogens is 1. The topological polar surface area (TPSA) is 79.5 Å². The van der Waals surface area contributed by atoms with Gasteiger partial charge in [0.1, 0.15) is 5.60 Å². The van der Waals surface area contributed by atoms with Crippen molar-refractivity contribution in [1.29, 1.82) is 0 Å². The minimum absolute atomic E-state index is 0.184. The van der Waals surface area contributed by atoms with Gasteiger partial charge in [-0.2, -0.15) is 0 Å². The van der Waals surface area contributed by atoms with Crippen LogP contribution in [-0.2, 0) is 19.1 Å². The molecule has 0 saturated carbocycles. The summed E-state index contributed by atoms with van der Waals surface area (Å²) in [6.45, 7) is 6.44. The highest BCUT2D eigenvalue weighted by Gasteiger charge is 2.30. The first-order valence-electron chi connectivity index (χ1n) is 10.1. The number of benzene rings is 1. The van der Waals surface area contributed by atoms with E-state index in [1.54, 1.807) is 23.2 Å². The predicted molar refractivity (Wildman–Crippen MR) is 117 cm³/mol. The summed E-state index contributed by atoms with van der Waals surface area (Å²) in [7, 11) is 0. The molecule has 0 bridgehead atoms. The molecule has 0 aliphatic carbocycles. The lowest BCUT2D eigenvalue weighted by Gasteiger charge is -2.32. The van der Waals surface area contributed by atoms with Crippen molar-refractivity contribution >= 4 is 46.2 Å². The molecule has 1 amide bonds. The Bertz CT molecular complexity index is 979. The van der Waals surface area contributed by atoms with Crippen molar-refractivity contribution < 1.29 is 19.1 Å². The molecular formula is C23H27ClN2O4. The molecule has 1 aliphatic heterocycles. The SMILES string of the molecule is CC(C)(C)OC(=O)C1CCN(C(=O)CC(=O)/C=C/c2c[nH]c3ccc(Cl)cc23)CC1. The molecular weight excluding hydrogens is 404 g/mol. The Hall–Kier alpha value is -2.60. The fourth-order valence-electron chi connectivity index (χ4n) is 3.50. The lowest BCUT2D eigenvalue weighted by molar-refractivity contribution is -0.162. The van der Waals surface area contributed by atoms with Gasteiger partial charge in [0.2, 0.25) is 5.91 Å². The second kappa shape index (κ2) is 9.04. The molecule has 1 fully saturated rings. The zero-order valence-electron chi connectivity index (χ0n) is 17.5. The quantitative estimate of drug-likeness (QED) is 0.434. The van der Waals surface area contributed by atoms with E-state index in [0.717, 1.165) is 16.5 Å². The number of amides is 1. The number of fused-ring (bicyclic) bond motifs is 1. The van der Waals surface area contributed by atoms with Gasteiger partial charge < -0.3 is 14.6 Å². The van der Waals surface area contributed by atoms with E-state index < -0.39 is 5.60 Å². The number of allylic oxidation sites excluding steroid dienone is 1. The Morgan fingerprint density at radius 2 is 1.93 bits per heavy atom. The molecule has 1 N–H and O–H groups in total. The van der Waals surface area contributed by atoms with Gasteiger partial charge in [-0.25, -0.2) is 0 Å². The van der Waals surface area contributed by atoms with Crippen LogP contribution in [0, 0.1) is 5.92 Å². The first kappa shape index (κ1) is 22.1. The van der Waals surface area contributed by atoms with Gasteiger partial charge >= 0.3 is 5.97 Å². The van der Waals surface area contributed by atoms with Gasteiger partial charge in [-0.15, -0.1) is 0 Å². The number of likely N-dealkylation sites (tertiary alicyclic amines) is 1. The van der Waals surface area contributed by atoms with Crippen molar-refractivity contribution in [3.8, 4) is 0 Å². The van der Waals surface area contributed by atoms with E-state index in [0.29, 0.717) is 31.0 Å². The van der Waals surface area contributed by atoms with E-state index in [9.17, 15) is 14.4 Å². The third-order valence-corrected chi connectivity index (χ3v) is 5.27. The van der Waals surface area contributed by atoms with Crippen LogP contribution in [-0.4, -0.2) is 46.2 Å². The predicted octanol–water partition coefficient (Wildman–Crippen LogP) is 4.37. The zero-order valence-corrected chi connectivity index (χ0v) is 18.3. The monoisotopic (exact) mass is 430 g/mol. The Morgan fingerprint density at radius 1 is 1.23 bits per heavy atom. The van der Waals surface area contributed by atoms with Crippen LogP contribution in [0.25, 0.3) is 17.0 Å². The van der Waals surface area contributed by atoms with E-state index in [-0.39, 0.29) is 30.0 Å². The number of aromatic nitrogens is 1. The number of aromatic amines is 1. The number of hydrogen-bond donors (Lipinski definition) is 1. The van der Waals surface area contributed by atoms with Crippen molar-refractivity contribution in [3.63, 3.8) is 0 Å². The Kier molecular flexibility index (Phi) is 6.66. The van der Waals surface area contributed by atoms with E-state index >= 15 is 0 Å². The van der Waals surface area contributed by atoms with E-state index in [2.05, 4.69) is 4.98 Å². The average Bonchev–Trinajstić information content (AvgIpc) is 3.07. The number of ketones is 1. The molecule has 6 nitrogen and oxygen atoms in total. The Balaban J connectivity index is 1.51.